The van der Waals surface area contributed by atoms with Crippen LogP contribution in [0.5, 0.6) is 0 Å². The zero-order valence-corrected chi connectivity index (χ0v) is 11.9. The first kappa shape index (κ1) is 13.9. The van der Waals surface area contributed by atoms with E-state index in [1.54, 1.807) is 0 Å². The second-order valence-corrected chi connectivity index (χ2v) is 4.98. The second kappa shape index (κ2) is 6.57. The van der Waals surface area contributed by atoms with Crippen molar-refractivity contribution >= 4 is 11.6 Å². The van der Waals surface area contributed by atoms with Crippen LogP contribution in [0.25, 0.3) is 0 Å². The Labute approximate surface area is 115 Å². The summed E-state index contributed by atoms with van der Waals surface area (Å²) in [5.74, 6) is 0.226. The zero-order chi connectivity index (χ0) is 13.7. The molecule has 0 bridgehead atoms. The Morgan fingerprint density at radius 2 is 1.89 bits per heavy atom. The van der Waals surface area contributed by atoms with E-state index in [4.69, 9.17) is 0 Å². The Morgan fingerprint density at radius 3 is 2.47 bits per heavy atom. The van der Waals surface area contributed by atoms with Gasteiger partial charge in [0.05, 0.1) is 6.54 Å². The van der Waals surface area contributed by atoms with E-state index >= 15 is 0 Å². The number of amides is 1. The largest absolute Gasteiger partial charge is 0.362 e. The lowest BCUT2D eigenvalue weighted by atomic mass is 10.2. The lowest BCUT2D eigenvalue weighted by Crippen LogP contribution is -2.49. The Morgan fingerprint density at radius 1 is 1.26 bits per heavy atom. The van der Waals surface area contributed by atoms with Crippen LogP contribution in [0.2, 0.25) is 0 Å². The fourth-order valence-corrected chi connectivity index (χ4v) is 2.32. The first-order valence-corrected chi connectivity index (χ1v) is 7.01. The van der Waals surface area contributed by atoms with E-state index in [1.807, 2.05) is 4.90 Å². The van der Waals surface area contributed by atoms with Gasteiger partial charge in [0.15, 0.2) is 0 Å². The lowest BCUT2D eigenvalue weighted by Gasteiger charge is -2.31. The lowest BCUT2D eigenvalue weighted by molar-refractivity contribution is -0.130. The van der Waals surface area contributed by atoms with Crippen molar-refractivity contribution in [3.63, 3.8) is 0 Å². The Bertz CT molecular complexity index is 410. The van der Waals surface area contributed by atoms with Gasteiger partial charge in [-0.3, -0.25) is 4.79 Å². The SMILES string of the molecule is CCN(CC(=O)N1CCNCC1)c1ccc(C)cc1. The minimum atomic E-state index is 0.226. The number of likely N-dealkylation sites (N-methyl/N-ethyl adjacent to an activating group) is 1. The van der Waals surface area contributed by atoms with Gasteiger partial charge in [-0.25, -0.2) is 0 Å². The van der Waals surface area contributed by atoms with Crippen LogP contribution in [0.4, 0.5) is 5.69 Å². The van der Waals surface area contributed by atoms with E-state index in [9.17, 15) is 4.79 Å². The molecule has 1 aliphatic rings. The number of rotatable bonds is 4. The average molecular weight is 261 g/mol. The molecule has 0 saturated carbocycles. The van der Waals surface area contributed by atoms with Crippen LogP contribution >= 0.6 is 0 Å². The summed E-state index contributed by atoms with van der Waals surface area (Å²) in [6, 6.07) is 8.36. The first-order valence-electron chi connectivity index (χ1n) is 7.01. The molecule has 0 radical (unpaired) electrons. The number of anilines is 1. The van der Waals surface area contributed by atoms with Gasteiger partial charge in [-0.15, -0.1) is 0 Å². The van der Waals surface area contributed by atoms with Crippen LogP contribution in [-0.4, -0.2) is 50.1 Å². The van der Waals surface area contributed by atoms with Crippen molar-refractivity contribution in [3.8, 4) is 0 Å². The molecule has 19 heavy (non-hydrogen) atoms. The predicted molar refractivity (Wildman–Crippen MR) is 78.5 cm³/mol. The molecule has 0 spiro atoms. The molecule has 4 nitrogen and oxygen atoms in total. The van der Waals surface area contributed by atoms with E-state index in [0.717, 1.165) is 38.4 Å². The Balaban J connectivity index is 1.98. The van der Waals surface area contributed by atoms with Crippen molar-refractivity contribution in [1.82, 2.24) is 10.2 Å². The highest BCUT2D eigenvalue weighted by atomic mass is 16.2. The van der Waals surface area contributed by atoms with Crippen LogP contribution in [0.3, 0.4) is 0 Å². The molecule has 1 saturated heterocycles. The highest BCUT2D eigenvalue weighted by molar-refractivity contribution is 5.81. The van der Waals surface area contributed by atoms with E-state index in [2.05, 4.69) is 48.3 Å². The summed E-state index contributed by atoms with van der Waals surface area (Å²) >= 11 is 0. The van der Waals surface area contributed by atoms with Crippen LogP contribution < -0.4 is 10.2 Å². The van der Waals surface area contributed by atoms with Gasteiger partial charge in [0.1, 0.15) is 0 Å². The molecule has 0 aliphatic carbocycles. The third kappa shape index (κ3) is 3.70. The average Bonchev–Trinajstić information content (AvgIpc) is 2.46. The molecule has 0 aromatic heterocycles. The van der Waals surface area contributed by atoms with Crippen molar-refractivity contribution in [3.05, 3.63) is 29.8 Å². The molecule has 1 aromatic rings. The molecule has 104 valence electrons. The minimum Gasteiger partial charge on any atom is -0.362 e. The number of benzene rings is 1. The van der Waals surface area contributed by atoms with Crippen LogP contribution in [0.15, 0.2) is 24.3 Å². The zero-order valence-electron chi connectivity index (χ0n) is 11.9. The molecule has 1 heterocycles. The van der Waals surface area contributed by atoms with Gasteiger partial charge in [0.25, 0.3) is 0 Å². The monoisotopic (exact) mass is 261 g/mol. The Hall–Kier alpha value is -1.55. The van der Waals surface area contributed by atoms with Gasteiger partial charge < -0.3 is 15.1 Å². The maximum atomic E-state index is 12.3. The third-order valence-corrected chi connectivity index (χ3v) is 3.58. The summed E-state index contributed by atoms with van der Waals surface area (Å²) in [4.78, 5) is 16.3. The topological polar surface area (TPSA) is 35.6 Å². The highest BCUT2D eigenvalue weighted by Crippen LogP contribution is 2.15. The van der Waals surface area contributed by atoms with E-state index in [-0.39, 0.29) is 5.91 Å². The van der Waals surface area contributed by atoms with Gasteiger partial charge in [-0.2, -0.15) is 0 Å². The van der Waals surface area contributed by atoms with Gasteiger partial charge >= 0.3 is 0 Å². The quantitative estimate of drug-likeness (QED) is 0.886. The molecule has 1 aliphatic heterocycles. The standard InChI is InChI=1S/C15H23N3O/c1-3-17(14-6-4-13(2)5-7-14)12-15(19)18-10-8-16-9-11-18/h4-7,16H,3,8-12H2,1-2H3. The van der Waals surface area contributed by atoms with E-state index in [1.165, 1.54) is 5.56 Å². The number of aryl methyl sites for hydroxylation is 1. The molecule has 0 atom stereocenters. The maximum absolute atomic E-state index is 12.3. The molecular formula is C15H23N3O. The van der Waals surface area contributed by atoms with Gasteiger partial charge in [-0.05, 0) is 26.0 Å². The summed E-state index contributed by atoms with van der Waals surface area (Å²) in [6.45, 7) is 8.94. The predicted octanol–water partition coefficient (Wildman–Crippen LogP) is 1.25. The van der Waals surface area contributed by atoms with Gasteiger partial charge in [-0.1, -0.05) is 17.7 Å². The molecule has 1 fully saturated rings. The molecule has 4 heteroatoms. The molecule has 1 N–H and O–H groups in total. The molecule has 2 rings (SSSR count). The summed E-state index contributed by atoms with van der Waals surface area (Å²) in [5, 5.41) is 3.27. The molecule has 1 amide bonds. The maximum Gasteiger partial charge on any atom is 0.242 e. The fourth-order valence-electron chi connectivity index (χ4n) is 2.32. The highest BCUT2D eigenvalue weighted by Gasteiger charge is 2.18. The van der Waals surface area contributed by atoms with Crippen LogP contribution in [-0.2, 0) is 4.79 Å². The number of carbonyl (C=O) groups is 1. The van der Waals surface area contributed by atoms with Gasteiger partial charge in [0.2, 0.25) is 5.91 Å². The number of hydrogen-bond acceptors (Lipinski definition) is 3. The smallest absolute Gasteiger partial charge is 0.242 e. The number of carbonyl (C=O) groups excluding carboxylic acids is 1. The molecule has 0 unspecified atom stereocenters. The number of nitrogens with zero attached hydrogens (tertiary/aromatic N) is 2. The van der Waals surface area contributed by atoms with Crippen molar-refractivity contribution in [2.45, 2.75) is 13.8 Å². The number of nitrogens with one attached hydrogen (secondary N) is 1. The van der Waals surface area contributed by atoms with Gasteiger partial charge in [0, 0.05) is 38.4 Å². The van der Waals surface area contributed by atoms with Crippen molar-refractivity contribution in [2.24, 2.45) is 0 Å². The summed E-state index contributed by atoms with van der Waals surface area (Å²) in [7, 11) is 0. The van der Waals surface area contributed by atoms with Crippen LogP contribution in [0.1, 0.15) is 12.5 Å². The minimum absolute atomic E-state index is 0.226. The Kier molecular flexibility index (Phi) is 4.80. The first-order chi connectivity index (χ1) is 9.20. The van der Waals surface area contributed by atoms with E-state index < -0.39 is 0 Å². The summed E-state index contributed by atoms with van der Waals surface area (Å²) < 4.78 is 0. The van der Waals surface area contributed by atoms with Crippen LogP contribution in [0, 0.1) is 6.92 Å². The van der Waals surface area contributed by atoms with Crippen molar-refractivity contribution in [1.29, 1.82) is 0 Å². The normalized spacial score (nSPS) is 15.4. The van der Waals surface area contributed by atoms with E-state index in [0.29, 0.717) is 6.54 Å². The summed E-state index contributed by atoms with van der Waals surface area (Å²) in [6.07, 6.45) is 0. The molecular weight excluding hydrogens is 238 g/mol. The van der Waals surface area contributed by atoms with Crippen molar-refractivity contribution < 1.29 is 4.79 Å². The summed E-state index contributed by atoms with van der Waals surface area (Å²) in [5.41, 5.74) is 2.37. The number of piperazine rings is 1. The number of hydrogen-bond donors (Lipinski definition) is 1. The third-order valence-electron chi connectivity index (χ3n) is 3.58. The second-order valence-electron chi connectivity index (χ2n) is 4.98. The van der Waals surface area contributed by atoms with Crippen molar-refractivity contribution in [2.75, 3.05) is 44.2 Å². The molecule has 1 aromatic carbocycles. The fraction of sp³-hybridized carbons (Fsp3) is 0.533.